The summed E-state index contributed by atoms with van der Waals surface area (Å²) in [4.78, 5) is 0. The maximum absolute atomic E-state index is 12.4. The summed E-state index contributed by atoms with van der Waals surface area (Å²) in [5.41, 5.74) is -0.163. The molecule has 0 heterocycles. The highest BCUT2D eigenvalue weighted by molar-refractivity contribution is 5.18. The third-order valence-corrected chi connectivity index (χ3v) is 14.9. The van der Waals surface area contributed by atoms with Crippen LogP contribution in [-0.4, -0.2) is 33.6 Å². The van der Waals surface area contributed by atoms with Crippen molar-refractivity contribution in [2.75, 3.05) is 0 Å². The molecule has 0 aromatic rings. The first-order valence-electron chi connectivity index (χ1n) is 17.3. The van der Waals surface area contributed by atoms with Crippen LogP contribution in [0.2, 0.25) is 0 Å². The van der Waals surface area contributed by atoms with E-state index in [0.29, 0.717) is 23.7 Å². The van der Waals surface area contributed by atoms with E-state index in [2.05, 4.69) is 41.5 Å². The van der Waals surface area contributed by atoms with Crippen LogP contribution in [0.15, 0.2) is 0 Å². The number of fused-ring (bicyclic) bond motifs is 3. The third-order valence-electron chi connectivity index (χ3n) is 14.9. The molecule has 0 aliphatic heterocycles. The minimum atomic E-state index is -0.530. The number of aliphatic hydroxyl groups is 3. The summed E-state index contributed by atoms with van der Waals surface area (Å²) in [5, 5.41) is 35.2. The summed E-state index contributed by atoms with van der Waals surface area (Å²) >= 11 is 0. The molecular formula is C36H62O3. The van der Waals surface area contributed by atoms with E-state index in [-0.39, 0.29) is 40.1 Å². The van der Waals surface area contributed by atoms with E-state index in [1.807, 2.05) is 6.92 Å². The molecule has 14 unspecified atom stereocenters. The molecule has 6 fully saturated rings. The molecule has 0 spiro atoms. The van der Waals surface area contributed by atoms with Crippen molar-refractivity contribution in [3.05, 3.63) is 0 Å². The van der Waals surface area contributed by atoms with Gasteiger partial charge in [-0.1, -0.05) is 73.6 Å². The van der Waals surface area contributed by atoms with Gasteiger partial charge in [-0.2, -0.15) is 0 Å². The van der Waals surface area contributed by atoms with Crippen LogP contribution >= 0.6 is 0 Å². The molecule has 6 rings (SSSR count). The predicted molar refractivity (Wildman–Crippen MR) is 159 cm³/mol. The van der Waals surface area contributed by atoms with Gasteiger partial charge in [-0.25, -0.2) is 0 Å². The van der Waals surface area contributed by atoms with Crippen LogP contribution < -0.4 is 0 Å². The molecule has 0 bridgehead atoms. The van der Waals surface area contributed by atoms with Crippen molar-refractivity contribution in [1.29, 1.82) is 0 Å². The van der Waals surface area contributed by atoms with Gasteiger partial charge < -0.3 is 15.3 Å². The van der Waals surface area contributed by atoms with Crippen LogP contribution in [0.5, 0.6) is 0 Å². The molecule has 6 aliphatic carbocycles. The molecule has 39 heavy (non-hydrogen) atoms. The average molecular weight is 543 g/mol. The van der Waals surface area contributed by atoms with Gasteiger partial charge in [-0.3, -0.25) is 0 Å². The molecule has 3 N–H and O–H groups in total. The lowest BCUT2D eigenvalue weighted by Gasteiger charge is -2.72. The molecule has 3 nitrogen and oxygen atoms in total. The van der Waals surface area contributed by atoms with E-state index in [0.717, 1.165) is 36.5 Å². The smallest absolute Gasteiger partial charge is 0.0656 e. The molecule has 0 radical (unpaired) electrons. The average Bonchev–Trinajstić information content (AvgIpc) is 3.75. The van der Waals surface area contributed by atoms with E-state index >= 15 is 0 Å². The molecule has 6 saturated carbocycles. The Morgan fingerprint density at radius 3 is 1.97 bits per heavy atom. The highest BCUT2D eigenvalue weighted by atomic mass is 16.3. The van der Waals surface area contributed by atoms with Gasteiger partial charge in [0.1, 0.15) is 0 Å². The third kappa shape index (κ3) is 4.70. The second-order valence-electron chi connectivity index (χ2n) is 17.6. The summed E-state index contributed by atoms with van der Waals surface area (Å²) in [6.07, 6.45) is 15.1. The molecule has 0 aromatic carbocycles. The van der Waals surface area contributed by atoms with Crippen LogP contribution in [0.4, 0.5) is 0 Å². The monoisotopic (exact) mass is 542 g/mol. The standard InChI is InChI=1S/C36H62O3/c1-20-8-13-27(16-26(14-24-9-10-24)15-25-11-12-25)28-18-34(5)19-35(6)17-21(2)29(23(4)37)33(39)36(35,7)22(3)31(34)32(38)30(20)28/h20-33,37-39H,8-19H2,1-7H3. The van der Waals surface area contributed by atoms with Crippen LogP contribution in [0.1, 0.15) is 126 Å². The van der Waals surface area contributed by atoms with Crippen molar-refractivity contribution in [3.63, 3.8) is 0 Å². The fourth-order valence-corrected chi connectivity index (χ4v) is 12.8. The lowest BCUT2D eigenvalue weighted by atomic mass is 9.34. The minimum Gasteiger partial charge on any atom is -0.393 e. The predicted octanol–water partition coefficient (Wildman–Crippen LogP) is 7.71. The summed E-state index contributed by atoms with van der Waals surface area (Å²) in [5.74, 6) is 6.07. The second kappa shape index (κ2) is 9.97. The quantitative estimate of drug-likeness (QED) is 0.309. The molecule has 224 valence electrons. The van der Waals surface area contributed by atoms with Crippen LogP contribution in [0.25, 0.3) is 0 Å². The largest absolute Gasteiger partial charge is 0.393 e. The van der Waals surface area contributed by atoms with Gasteiger partial charge in [-0.05, 0) is 122 Å². The lowest BCUT2D eigenvalue weighted by molar-refractivity contribution is -0.279. The van der Waals surface area contributed by atoms with Gasteiger partial charge in [0.15, 0.2) is 0 Å². The summed E-state index contributed by atoms with van der Waals surface area (Å²) in [7, 11) is 0. The molecule has 0 amide bonds. The van der Waals surface area contributed by atoms with Crippen molar-refractivity contribution >= 4 is 0 Å². The molecule has 0 saturated heterocycles. The Hall–Kier alpha value is -0.120. The first-order chi connectivity index (χ1) is 18.3. The van der Waals surface area contributed by atoms with Gasteiger partial charge in [-0.15, -0.1) is 0 Å². The van der Waals surface area contributed by atoms with Crippen molar-refractivity contribution in [2.45, 2.75) is 144 Å². The zero-order chi connectivity index (χ0) is 28.1. The number of hydrogen-bond acceptors (Lipinski definition) is 3. The Balaban J connectivity index is 1.30. The molecule has 3 heteroatoms. The lowest BCUT2D eigenvalue weighted by Crippen LogP contribution is -2.70. The van der Waals surface area contributed by atoms with Crippen molar-refractivity contribution < 1.29 is 15.3 Å². The van der Waals surface area contributed by atoms with Crippen molar-refractivity contribution in [2.24, 2.45) is 81.3 Å². The fourth-order valence-electron chi connectivity index (χ4n) is 12.8. The second-order valence-corrected chi connectivity index (χ2v) is 17.6. The fraction of sp³-hybridized carbons (Fsp3) is 1.00. The summed E-state index contributed by atoms with van der Waals surface area (Å²) < 4.78 is 0. The molecule has 6 aliphatic rings. The molecule has 0 aromatic heterocycles. The summed E-state index contributed by atoms with van der Waals surface area (Å²) in [6.45, 7) is 16.3. The SMILES string of the molecule is CC(O)C1C(C)CC2(C)CC3(C)CC4C(CC(CC5CC5)CC5CC5)CCC(C)C4C(O)C3C(C)C2(C)C1O. The Kier molecular flexibility index (Phi) is 7.41. The Labute approximate surface area is 240 Å². The zero-order valence-electron chi connectivity index (χ0n) is 26.4. The summed E-state index contributed by atoms with van der Waals surface area (Å²) in [6, 6.07) is 0. The van der Waals surface area contributed by atoms with Crippen LogP contribution in [0, 0.1) is 81.3 Å². The Bertz CT molecular complexity index is 880. The van der Waals surface area contributed by atoms with E-state index in [9.17, 15) is 15.3 Å². The first kappa shape index (κ1) is 29.0. The Morgan fingerprint density at radius 2 is 1.41 bits per heavy atom. The van der Waals surface area contributed by atoms with E-state index in [1.54, 1.807) is 0 Å². The van der Waals surface area contributed by atoms with Gasteiger partial charge in [0.2, 0.25) is 0 Å². The normalized spacial score (nSPS) is 54.5. The number of aliphatic hydroxyl groups excluding tert-OH is 3. The van der Waals surface area contributed by atoms with E-state index < -0.39 is 12.2 Å². The maximum atomic E-state index is 12.4. The van der Waals surface area contributed by atoms with E-state index in [4.69, 9.17) is 0 Å². The van der Waals surface area contributed by atoms with Crippen LogP contribution in [0.3, 0.4) is 0 Å². The highest BCUT2D eigenvalue weighted by Crippen LogP contribution is 2.73. The van der Waals surface area contributed by atoms with E-state index in [1.165, 1.54) is 64.2 Å². The van der Waals surface area contributed by atoms with Gasteiger partial charge in [0.25, 0.3) is 0 Å². The topological polar surface area (TPSA) is 60.7 Å². The van der Waals surface area contributed by atoms with Crippen molar-refractivity contribution in [3.8, 4) is 0 Å². The zero-order valence-corrected chi connectivity index (χ0v) is 26.4. The van der Waals surface area contributed by atoms with Crippen molar-refractivity contribution in [1.82, 2.24) is 0 Å². The number of hydrogen-bond donors (Lipinski definition) is 3. The van der Waals surface area contributed by atoms with Gasteiger partial charge in [0.05, 0.1) is 18.3 Å². The van der Waals surface area contributed by atoms with Crippen LogP contribution in [-0.2, 0) is 0 Å². The molecular weight excluding hydrogens is 480 g/mol. The minimum absolute atomic E-state index is 0.0186. The first-order valence-corrected chi connectivity index (χ1v) is 17.3. The Morgan fingerprint density at radius 1 is 0.795 bits per heavy atom. The number of rotatable bonds is 7. The highest BCUT2D eigenvalue weighted by Gasteiger charge is 2.70. The van der Waals surface area contributed by atoms with Gasteiger partial charge >= 0.3 is 0 Å². The molecule has 14 atom stereocenters. The maximum Gasteiger partial charge on any atom is 0.0656 e. The van der Waals surface area contributed by atoms with Gasteiger partial charge in [0, 0.05) is 11.3 Å².